The Morgan fingerprint density at radius 3 is 2.36 bits per heavy atom. The van der Waals surface area contributed by atoms with Crippen LogP contribution < -0.4 is 9.47 Å². The molecule has 0 amide bonds. The van der Waals surface area contributed by atoms with Crippen molar-refractivity contribution >= 4 is 17.6 Å². The largest absolute Gasteiger partial charge is 0.493 e. The second kappa shape index (κ2) is 6.78. The summed E-state index contributed by atoms with van der Waals surface area (Å²) >= 11 is 6.49. The number of ether oxygens (including phenoxy) is 2. The third-order valence-electron chi connectivity index (χ3n) is 4.67. The normalized spacial score (nSPS) is 17.1. The Labute approximate surface area is 136 Å². The number of carbonyl (C=O) groups is 1. The van der Waals surface area contributed by atoms with Gasteiger partial charge >= 0.3 is 5.97 Å². The molecule has 1 fully saturated rings. The maximum atomic E-state index is 12.1. The Morgan fingerprint density at radius 2 is 1.91 bits per heavy atom. The SMILES string of the molecule is CCc1c(OC)c(OC)cc(Cl)c1C1(C(=O)O)CCCCC1. The van der Waals surface area contributed by atoms with E-state index in [1.54, 1.807) is 20.3 Å². The zero-order chi connectivity index (χ0) is 16.3. The molecule has 5 heteroatoms. The van der Waals surface area contributed by atoms with Crippen LogP contribution >= 0.6 is 11.6 Å². The first-order chi connectivity index (χ1) is 10.5. The fraction of sp³-hybridized carbons (Fsp3) is 0.588. The predicted molar refractivity (Wildman–Crippen MR) is 86.3 cm³/mol. The van der Waals surface area contributed by atoms with E-state index in [-0.39, 0.29) is 0 Å². The quantitative estimate of drug-likeness (QED) is 0.880. The molecule has 0 saturated heterocycles. The Morgan fingerprint density at radius 1 is 1.27 bits per heavy atom. The molecule has 1 aliphatic carbocycles. The van der Waals surface area contributed by atoms with E-state index in [2.05, 4.69) is 0 Å². The van der Waals surface area contributed by atoms with E-state index in [1.165, 1.54) is 0 Å². The first-order valence-electron chi connectivity index (χ1n) is 7.69. The summed E-state index contributed by atoms with van der Waals surface area (Å²) in [4.78, 5) is 12.1. The minimum absolute atomic E-state index is 0.457. The van der Waals surface area contributed by atoms with Gasteiger partial charge in [0.2, 0.25) is 0 Å². The number of methoxy groups -OCH3 is 2. The fourth-order valence-electron chi connectivity index (χ4n) is 3.62. The van der Waals surface area contributed by atoms with E-state index in [4.69, 9.17) is 21.1 Å². The van der Waals surface area contributed by atoms with Crippen LogP contribution in [0, 0.1) is 0 Å². The molecule has 1 N–H and O–H groups in total. The van der Waals surface area contributed by atoms with Crippen molar-refractivity contribution in [2.75, 3.05) is 14.2 Å². The van der Waals surface area contributed by atoms with Crippen LogP contribution in [0.1, 0.15) is 50.2 Å². The topological polar surface area (TPSA) is 55.8 Å². The standard InChI is InChI=1S/C17H23ClO4/c1-4-11-14(12(18)10-13(21-2)15(11)22-3)17(16(19)20)8-6-5-7-9-17/h10H,4-9H2,1-3H3,(H,19,20). The van der Waals surface area contributed by atoms with Crippen LogP contribution in [0.3, 0.4) is 0 Å². The van der Waals surface area contributed by atoms with Crippen LogP contribution in [0.4, 0.5) is 0 Å². The summed E-state index contributed by atoms with van der Waals surface area (Å²) in [5, 5.41) is 10.4. The number of halogens is 1. The van der Waals surface area contributed by atoms with Crippen molar-refractivity contribution in [2.24, 2.45) is 0 Å². The summed E-state index contributed by atoms with van der Waals surface area (Å²) in [7, 11) is 3.13. The van der Waals surface area contributed by atoms with E-state index >= 15 is 0 Å². The molecule has 1 aromatic rings. The van der Waals surface area contributed by atoms with Crippen molar-refractivity contribution in [2.45, 2.75) is 50.9 Å². The van der Waals surface area contributed by atoms with E-state index < -0.39 is 11.4 Å². The van der Waals surface area contributed by atoms with Gasteiger partial charge in [-0.3, -0.25) is 4.79 Å². The van der Waals surface area contributed by atoms with Gasteiger partial charge in [-0.25, -0.2) is 0 Å². The van der Waals surface area contributed by atoms with Crippen LogP contribution in [-0.2, 0) is 16.6 Å². The van der Waals surface area contributed by atoms with Crippen LogP contribution in [0.25, 0.3) is 0 Å². The minimum Gasteiger partial charge on any atom is -0.493 e. The lowest BCUT2D eigenvalue weighted by Gasteiger charge is -2.36. The second-order valence-corrected chi connectivity index (χ2v) is 6.16. The van der Waals surface area contributed by atoms with Gasteiger partial charge in [0, 0.05) is 16.7 Å². The zero-order valence-corrected chi connectivity index (χ0v) is 14.1. The van der Waals surface area contributed by atoms with Crippen LogP contribution in [-0.4, -0.2) is 25.3 Å². The smallest absolute Gasteiger partial charge is 0.314 e. The number of carboxylic acid groups (broad SMARTS) is 1. The van der Waals surface area contributed by atoms with Crippen molar-refractivity contribution in [3.05, 3.63) is 22.2 Å². The summed E-state index contributed by atoms with van der Waals surface area (Å²) in [6.45, 7) is 1.98. The summed E-state index contributed by atoms with van der Waals surface area (Å²) in [6, 6.07) is 1.67. The summed E-state index contributed by atoms with van der Waals surface area (Å²) in [5.74, 6) is 0.344. The molecule has 1 aliphatic rings. The van der Waals surface area contributed by atoms with Crippen molar-refractivity contribution in [1.29, 1.82) is 0 Å². The van der Waals surface area contributed by atoms with Crippen molar-refractivity contribution < 1.29 is 19.4 Å². The predicted octanol–water partition coefficient (Wildman–Crippen LogP) is 4.21. The third kappa shape index (κ3) is 2.65. The molecule has 0 aliphatic heterocycles. The average Bonchev–Trinajstić information content (AvgIpc) is 2.53. The lowest BCUT2D eigenvalue weighted by Crippen LogP contribution is -2.39. The van der Waals surface area contributed by atoms with Gasteiger partial charge in [0.25, 0.3) is 0 Å². The average molecular weight is 327 g/mol. The molecule has 0 atom stereocenters. The highest BCUT2D eigenvalue weighted by Gasteiger charge is 2.45. The van der Waals surface area contributed by atoms with Gasteiger partial charge in [0.05, 0.1) is 19.6 Å². The molecule has 122 valence electrons. The van der Waals surface area contributed by atoms with Gasteiger partial charge in [0.1, 0.15) is 0 Å². The minimum atomic E-state index is -0.916. The second-order valence-electron chi connectivity index (χ2n) is 5.75. The van der Waals surface area contributed by atoms with E-state index in [0.29, 0.717) is 41.3 Å². The lowest BCUT2D eigenvalue weighted by atomic mass is 9.67. The Hall–Kier alpha value is -1.42. The Balaban J connectivity index is 2.74. The number of carboxylic acids is 1. The van der Waals surface area contributed by atoms with Crippen LogP contribution in [0.5, 0.6) is 11.5 Å². The number of hydrogen-bond donors (Lipinski definition) is 1. The van der Waals surface area contributed by atoms with Crippen LogP contribution in [0.15, 0.2) is 6.07 Å². The molecule has 4 nitrogen and oxygen atoms in total. The number of rotatable bonds is 5. The van der Waals surface area contributed by atoms with E-state index in [1.807, 2.05) is 6.92 Å². The van der Waals surface area contributed by atoms with Crippen molar-refractivity contribution in [3.63, 3.8) is 0 Å². The Bertz CT molecular complexity index is 562. The molecule has 0 spiro atoms. The molecular formula is C17H23ClO4. The molecule has 0 radical (unpaired) electrons. The van der Waals surface area contributed by atoms with E-state index in [9.17, 15) is 9.90 Å². The molecule has 22 heavy (non-hydrogen) atoms. The maximum absolute atomic E-state index is 12.1. The fourth-order valence-corrected chi connectivity index (χ4v) is 4.01. The highest BCUT2D eigenvalue weighted by molar-refractivity contribution is 6.32. The van der Waals surface area contributed by atoms with Crippen molar-refractivity contribution in [3.8, 4) is 11.5 Å². The molecule has 0 unspecified atom stereocenters. The van der Waals surface area contributed by atoms with Gasteiger partial charge in [0.15, 0.2) is 11.5 Å². The first kappa shape index (κ1) is 16.9. The highest BCUT2D eigenvalue weighted by Crippen LogP contribution is 2.49. The number of hydrogen-bond acceptors (Lipinski definition) is 3. The lowest BCUT2D eigenvalue weighted by molar-refractivity contribution is -0.145. The monoisotopic (exact) mass is 326 g/mol. The summed E-state index contributed by atoms with van der Waals surface area (Å²) in [6.07, 6.45) is 4.75. The van der Waals surface area contributed by atoms with E-state index in [0.717, 1.165) is 24.8 Å². The molecular weight excluding hydrogens is 304 g/mol. The number of benzene rings is 1. The van der Waals surface area contributed by atoms with Gasteiger partial charge in [-0.15, -0.1) is 0 Å². The Kier molecular flexibility index (Phi) is 5.22. The van der Waals surface area contributed by atoms with Gasteiger partial charge < -0.3 is 14.6 Å². The third-order valence-corrected chi connectivity index (χ3v) is 4.97. The van der Waals surface area contributed by atoms with Gasteiger partial charge in [-0.2, -0.15) is 0 Å². The summed E-state index contributed by atoms with van der Waals surface area (Å²) in [5.41, 5.74) is 0.637. The molecule has 2 rings (SSSR count). The van der Waals surface area contributed by atoms with Gasteiger partial charge in [-0.1, -0.05) is 37.8 Å². The van der Waals surface area contributed by atoms with Crippen LogP contribution in [0.2, 0.25) is 5.02 Å². The molecule has 0 bridgehead atoms. The highest BCUT2D eigenvalue weighted by atomic mass is 35.5. The zero-order valence-electron chi connectivity index (χ0n) is 13.4. The first-order valence-corrected chi connectivity index (χ1v) is 8.06. The maximum Gasteiger partial charge on any atom is 0.314 e. The van der Waals surface area contributed by atoms with Crippen molar-refractivity contribution in [1.82, 2.24) is 0 Å². The molecule has 1 saturated carbocycles. The summed E-state index contributed by atoms with van der Waals surface area (Å²) < 4.78 is 10.8. The number of aliphatic carboxylic acids is 1. The molecule has 0 heterocycles. The molecule has 0 aromatic heterocycles. The van der Waals surface area contributed by atoms with Gasteiger partial charge in [-0.05, 0) is 24.8 Å². The molecule has 1 aromatic carbocycles.